The van der Waals surface area contributed by atoms with Crippen LogP contribution < -0.4 is 9.80 Å². The van der Waals surface area contributed by atoms with Crippen molar-refractivity contribution in [3.05, 3.63) is 181 Å². The van der Waals surface area contributed by atoms with E-state index in [1.807, 2.05) is 0 Å². The zero-order valence-electron chi connectivity index (χ0n) is 34.2. The van der Waals surface area contributed by atoms with Crippen molar-refractivity contribution in [1.82, 2.24) is 0 Å². The molecule has 2 heteroatoms. The molecule has 0 fully saturated rings. The van der Waals surface area contributed by atoms with Crippen LogP contribution in [0.4, 0.5) is 34.1 Å². The van der Waals surface area contributed by atoms with Crippen LogP contribution in [0.3, 0.4) is 0 Å². The maximum atomic E-state index is 4.20. The molecule has 0 aromatic heterocycles. The number of nitrogens with zero attached hydrogens (tertiary/aromatic N) is 2. The lowest BCUT2D eigenvalue weighted by Crippen LogP contribution is -2.14. The van der Waals surface area contributed by atoms with Crippen LogP contribution in [0.25, 0.3) is 43.5 Å². The largest absolute Gasteiger partial charge is 0.310 e. The van der Waals surface area contributed by atoms with Crippen molar-refractivity contribution in [3.63, 3.8) is 0 Å². The van der Waals surface area contributed by atoms with Gasteiger partial charge in [0.1, 0.15) is 0 Å². The first kappa shape index (κ1) is 36.8. The van der Waals surface area contributed by atoms with Crippen molar-refractivity contribution in [2.75, 3.05) is 9.80 Å². The van der Waals surface area contributed by atoms with Crippen LogP contribution in [0.1, 0.15) is 77.6 Å². The number of rotatable bonds is 8. The Morgan fingerprint density at radius 1 is 0.375 bits per heavy atom. The van der Waals surface area contributed by atoms with Crippen LogP contribution >= 0.6 is 0 Å². The van der Waals surface area contributed by atoms with Gasteiger partial charge in [-0.05, 0) is 129 Å². The minimum Gasteiger partial charge on any atom is -0.310 e. The average Bonchev–Trinajstić information content (AvgIpc) is 3.18. The van der Waals surface area contributed by atoms with Crippen LogP contribution in [-0.2, 0) is 10.8 Å². The van der Waals surface area contributed by atoms with Gasteiger partial charge in [0.2, 0.25) is 0 Å². The number of hydrogen-bond acceptors (Lipinski definition) is 2. The van der Waals surface area contributed by atoms with E-state index in [1.165, 1.54) is 43.4 Å². The fourth-order valence-electron chi connectivity index (χ4n) is 8.03. The molecule has 0 heterocycles. The molecule has 0 aliphatic rings. The zero-order chi connectivity index (χ0) is 39.5. The highest BCUT2D eigenvalue weighted by atomic mass is 15.1. The SMILES string of the molecule is C=C(C)c1ccc(N(c2ccc(C(C)(C)C)cc2)c2ccc3ccc4c(N(c5ccc(C(=C)C)cc5)c5ccc(C(C)(C)C)cc5)ccc5ccc2c3c54)cc1. The molecule has 8 aromatic rings. The maximum absolute atomic E-state index is 4.20. The molecule has 8 rings (SSSR count). The van der Waals surface area contributed by atoms with E-state index >= 15 is 0 Å². The quantitative estimate of drug-likeness (QED) is 0.144. The molecule has 278 valence electrons. The lowest BCUT2D eigenvalue weighted by atomic mass is 9.87. The Bertz CT molecular complexity index is 2530. The van der Waals surface area contributed by atoms with Crippen molar-refractivity contribution >= 4 is 77.6 Å². The Hall–Kier alpha value is -6.12. The molecule has 0 atom stereocenters. The summed E-state index contributed by atoms with van der Waals surface area (Å²) in [7, 11) is 0. The van der Waals surface area contributed by atoms with Crippen LogP contribution in [0.2, 0.25) is 0 Å². The number of hydrogen-bond donors (Lipinski definition) is 0. The molecule has 0 bridgehead atoms. The molecule has 0 amide bonds. The summed E-state index contributed by atoms with van der Waals surface area (Å²) in [5.74, 6) is 0. The Kier molecular flexibility index (Phi) is 9.12. The summed E-state index contributed by atoms with van der Waals surface area (Å²) in [6, 6.07) is 54.2. The fourth-order valence-corrected chi connectivity index (χ4v) is 8.03. The highest BCUT2D eigenvalue weighted by Crippen LogP contribution is 2.48. The van der Waals surface area contributed by atoms with Crippen LogP contribution in [0.15, 0.2) is 159 Å². The third kappa shape index (κ3) is 6.64. The predicted octanol–water partition coefficient (Wildman–Crippen LogP) is 16.2. The van der Waals surface area contributed by atoms with E-state index in [0.717, 1.165) is 56.4 Å². The average molecular weight is 729 g/mol. The van der Waals surface area contributed by atoms with Crippen molar-refractivity contribution in [3.8, 4) is 0 Å². The van der Waals surface area contributed by atoms with Gasteiger partial charge in [0.05, 0.1) is 11.4 Å². The minimum atomic E-state index is 0.0619. The maximum Gasteiger partial charge on any atom is 0.0540 e. The van der Waals surface area contributed by atoms with E-state index in [2.05, 4.69) is 224 Å². The van der Waals surface area contributed by atoms with Crippen LogP contribution in [0, 0.1) is 0 Å². The van der Waals surface area contributed by atoms with Gasteiger partial charge in [-0.1, -0.05) is 151 Å². The highest BCUT2D eigenvalue weighted by Gasteiger charge is 2.23. The number of benzene rings is 8. The Balaban J connectivity index is 1.36. The lowest BCUT2D eigenvalue weighted by molar-refractivity contribution is 0.590. The second kappa shape index (κ2) is 13.9. The molecule has 0 aliphatic carbocycles. The second-order valence-corrected chi connectivity index (χ2v) is 17.5. The minimum absolute atomic E-state index is 0.0619. The third-order valence-corrected chi connectivity index (χ3v) is 11.3. The molecule has 0 N–H and O–H groups in total. The molecule has 0 saturated heterocycles. The van der Waals surface area contributed by atoms with E-state index in [-0.39, 0.29) is 10.8 Å². The van der Waals surface area contributed by atoms with Gasteiger partial charge in [-0.2, -0.15) is 0 Å². The molecular weight excluding hydrogens is 677 g/mol. The van der Waals surface area contributed by atoms with Crippen molar-refractivity contribution < 1.29 is 0 Å². The Morgan fingerprint density at radius 2 is 0.661 bits per heavy atom. The molecule has 2 nitrogen and oxygen atoms in total. The molecule has 0 saturated carbocycles. The molecule has 0 spiro atoms. The van der Waals surface area contributed by atoms with Gasteiger partial charge in [0, 0.05) is 33.5 Å². The van der Waals surface area contributed by atoms with Gasteiger partial charge in [-0.3, -0.25) is 0 Å². The fraction of sp³-hybridized carbons (Fsp3) is 0.185. The Labute approximate surface area is 333 Å². The summed E-state index contributed by atoms with van der Waals surface area (Å²) in [5.41, 5.74) is 13.9. The van der Waals surface area contributed by atoms with Gasteiger partial charge in [0.25, 0.3) is 0 Å². The summed E-state index contributed by atoms with van der Waals surface area (Å²) < 4.78 is 0. The molecule has 0 radical (unpaired) electrons. The van der Waals surface area contributed by atoms with Crippen molar-refractivity contribution in [1.29, 1.82) is 0 Å². The van der Waals surface area contributed by atoms with E-state index in [0.29, 0.717) is 0 Å². The van der Waals surface area contributed by atoms with Crippen molar-refractivity contribution in [2.24, 2.45) is 0 Å². The van der Waals surface area contributed by atoms with E-state index in [1.54, 1.807) is 0 Å². The monoisotopic (exact) mass is 728 g/mol. The predicted molar refractivity (Wildman–Crippen MR) is 246 cm³/mol. The molecule has 0 aliphatic heterocycles. The van der Waals surface area contributed by atoms with E-state index in [9.17, 15) is 0 Å². The first-order chi connectivity index (χ1) is 26.7. The normalized spacial score (nSPS) is 12.1. The van der Waals surface area contributed by atoms with E-state index in [4.69, 9.17) is 0 Å². The van der Waals surface area contributed by atoms with Gasteiger partial charge >= 0.3 is 0 Å². The smallest absolute Gasteiger partial charge is 0.0540 e. The molecule has 56 heavy (non-hydrogen) atoms. The van der Waals surface area contributed by atoms with Gasteiger partial charge in [-0.15, -0.1) is 0 Å². The highest BCUT2D eigenvalue weighted by molar-refractivity contribution is 6.28. The topological polar surface area (TPSA) is 6.48 Å². The molecule has 0 unspecified atom stereocenters. The van der Waals surface area contributed by atoms with Crippen LogP contribution in [0.5, 0.6) is 0 Å². The molecular formula is C54H52N2. The van der Waals surface area contributed by atoms with Crippen LogP contribution in [-0.4, -0.2) is 0 Å². The Morgan fingerprint density at radius 3 is 0.946 bits per heavy atom. The van der Waals surface area contributed by atoms with Gasteiger partial charge in [-0.25, -0.2) is 0 Å². The summed E-state index contributed by atoms with van der Waals surface area (Å²) in [6.07, 6.45) is 0. The molecule has 8 aromatic carbocycles. The standard InChI is InChI=1S/C54H52N2/c1-35(2)37-11-23-43(24-12-37)55(45-27-19-41(20-28-45)53(5,6)7)49-33-17-39-16-32-48-50(34-18-40-15-31-47(49)51(39)52(40)48)56(44-25-13-38(14-26-44)36(3)4)46-29-21-42(22-30-46)54(8,9)10/h11-34H,1,3H2,2,4-10H3. The number of anilines is 6. The summed E-state index contributed by atoms with van der Waals surface area (Å²) in [4.78, 5) is 4.82. The first-order valence-corrected chi connectivity index (χ1v) is 19.7. The zero-order valence-corrected chi connectivity index (χ0v) is 34.2. The summed E-state index contributed by atoms with van der Waals surface area (Å²) in [6.45, 7) is 26.1. The van der Waals surface area contributed by atoms with Crippen molar-refractivity contribution in [2.45, 2.75) is 66.2 Å². The third-order valence-electron chi connectivity index (χ3n) is 11.3. The summed E-state index contributed by atoms with van der Waals surface area (Å²) >= 11 is 0. The summed E-state index contributed by atoms with van der Waals surface area (Å²) in [5, 5.41) is 7.44. The van der Waals surface area contributed by atoms with E-state index < -0.39 is 0 Å². The second-order valence-electron chi connectivity index (χ2n) is 17.5. The van der Waals surface area contributed by atoms with Gasteiger partial charge < -0.3 is 9.80 Å². The first-order valence-electron chi connectivity index (χ1n) is 19.7. The van der Waals surface area contributed by atoms with Gasteiger partial charge in [0.15, 0.2) is 0 Å². The number of allylic oxidation sites excluding steroid dienone is 2. The lowest BCUT2D eigenvalue weighted by Gasteiger charge is -2.30.